The van der Waals surface area contributed by atoms with E-state index in [0.29, 0.717) is 35.0 Å². The normalized spacial score (nSPS) is 10.4. The summed E-state index contributed by atoms with van der Waals surface area (Å²) in [5.41, 5.74) is 8.08. The monoisotopic (exact) mass is 287 g/mol. The van der Waals surface area contributed by atoms with E-state index in [9.17, 15) is 4.79 Å². The lowest BCUT2D eigenvalue weighted by Crippen LogP contribution is -2.06. The highest BCUT2D eigenvalue weighted by atomic mass is 16.7. The van der Waals surface area contributed by atoms with Crippen LogP contribution in [0, 0.1) is 6.92 Å². The maximum Gasteiger partial charge on any atom is 0.189 e. The number of aldehydes is 1. The van der Waals surface area contributed by atoms with Crippen LogP contribution in [-0.4, -0.2) is 29.9 Å². The molecule has 21 heavy (non-hydrogen) atoms. The van der Waals surface area contributed by atoms with Crippen molar-refractivity contribution in [1.82, 2.24) is 10.2 Å². The van der Waals surface area contributed by atoms with Crippen LogP contribution in [0.25, 0.3) is 11.3 Å². The molecular weight excluding hydrogens is 270 g/mol. The number of aryl methyl sites for hydroxylation is 1. The van der Waals surface area contributed by atoms with Crippen molar-refractivity contribution in [3.8, 4) is 17.0 Å². The molecule has 1 aromatic carbocycles. The minimum absolute atomic E-state index is 0.104. The molecule has 0 aliphatic rings. The molecule has 0 atom stereocenters. The first kappa shape index (κ1) is 14.9. The molecule has 0 saturated heterocycles. The van der Waals surface area contributed by atoms with Gasteiger partial charge in [0.1, 0.15) is 17.3 Å². The van der Waals surface area contributed by atoms with Crippen LogP contribution in [0.2, 0.25) is 0 Å². The number of rotatable bonds is 6. The standard InChI is InChI=1S/C15H17N3O3/c1-3-20-9-21-12-6-4-5-11(8-19)14(12)15-10(2)7-13(16)17-18-15/h4-8H,3,9H2,1-2H3,(H2,16,17). The van der Waals surface area contributed by atoms with Crippen molar-refractivity contribution in [2.75, 3.05) is 19.1 Å². The summed E-state index contributed by atoms with van der Waals surface area (Å²) < 4.78 is 10.8. The molecule has 2 aromatic rings. The van der Waals surface area contributed by atoms with Crippen LogP contribution >= 0.6 is 0 Å². The number of hydrogen-bond acceptors (Lipinski definition) is 6. The minimum atomic E-state index is 0.104. The number of carbonyl (C=O) groups excluding carboxylic acids is 1. The molecule has 0 amide bonds. The van der Waals surface area contributed by atoms with Crippen molar-refractivity contribution in [2.45, 2.75) is 13.8 Å². The van der Waals surface area contributed by atoms with E-state index in [-0.39, 0.29) is 6.79 Å². The zero-order valence-corrected chi connectivity index (χ0v) is 12.0. The summed E-state index contributed by atoms with van der Waals surface area (Å²) in [5, 5.41) is 7.95. The minimum Gasteiger partial charge on any atom is -0.467 e. The molecule has 1 heterocycles. The lowest BCUT2D eigenvalue weighted by atomic mass is 10.0. The summed E-state index contributed by atoms with van der Waals surface area (Å²) in [5.74, 6) is 0.854. The van der Waals surface area contributed by atoms with Gasteiger partial charge in [0, 0.05) is 12.2 Å². The Balaban J connectivity index is 2.50. The number of carbonyl (C=O) groups is 1. The van der Waals surface area contributed by atoms with Gasteiger partial charge < -0.3 is 15.2 Å². The number of hydrogen-bond donors (Lipinski definition) is 1. The molecule has 6 heteroatoms. The smallest absolute Gasteiger partial charge is 0.189 e. The molecular formula is C15H17N3O3. The Labute approximate surface area is 122 Å². The average Bonchev–Trinajstić information content (AvgIpc) is 2.48. The van der Waals surface area contributed by atoms with E-state index in [0.717, 1.165) is 11.8 Å². The molecule has 0 unspecified atom stereocenters. The highest BCUT2D eigenvalue weighted by molar-refractivity contribution is 5.90. The van der Waals surface area contributed by atoms with E-state index in [1.54, 1.807) is 24.3 Å². The van der Waals surface area contributed by atoms with Crippen LogP contribution in [0.4, 0.5) is 5.82 Å². The van der Waals surface area contributed by atoms with Crippen molar-refractivity contribution < 1.29 is 14.3 Å². The maximum absolute atomic E-state index is 11.3. The molecule has 0 fully saturated rings. The molecule has 0 aliphatic carbocycles. The van der Waals surface area contributed by atoms with Gasteiger partial charge in [0.05, 0.1) is 5.56 Å². The van der Waals surface area contributed by atoms with E-state index in [4.69, 9.17) is 15.2 Å². The molecule has 0 saturated carbocycles. The molecule has 0 radical (unpaired) electrons. The summed E-state index contributed by atoms with van der Waals surface area (Å²) in [6.07, 6.45) is 0.764. The summed E-state index contributed by atoms with van der Waals surface area (Å²) in [6, 6.07) is 6.91. The van der Waals surface area contributed by atoms with Crippen LogP contribution in [0.1, 0.15) is 22.8 Å². The molecule has 2 rings (SSSR count). The fourth-order valence-electron chi connectivity index (χ4n) is 1.96. The second-order valence-corrected chi connectivity index (χ2v) is 4.39. The lowest BCUT2D eigenvalue weighted by molar-refractivity contribution is 0.0227. The fraction of sp³-hybridized carbons (Fsp3) is 0.267. The van der Waals surface area contributed by atoms with Gasteiger partial charge in [-0.1, -0.05) is 12.1 Å². The SMILES string of the molecule is CCOCOc1cccc(C=O)c1-c1nnc(N)cc1C. The van der Waals surface area contributed by atoms with Gasteiger partial charge in [0.2, 0.25) is 0 Å². The van der Waals surface area contributed by atoms with E-state index in [1.165, 1.54) is 0 Å². The molecule has 0 bridgehead atoms. The number of nitrogens with zero attached hydrogens (tertiary/aromatic N) is 2. The number of benzene rings is 1. The first-order valence-corrected chi connectivity index (χ1v) is 6.56. The van der Waals surface area contributed by atoms with E-state index in [2.05, 4.69) is 10.2 Å². The Morgan fingerprint density at radius 3 is 2.81 bits per heavy atom. The third kappa shape index (κ3) is 3.35. The van der Waals surface area contributed by atoms with Gasteiger partial charge in [0.15, 0.2) is 13.1 Å². The van der Waals surface area contributed by atoms with Gasteiger partial charge in [-0.3, -0.25) is 4.79 Å². The fourth-order valence-corrected chi connectivity index (χ4v) is 1.96. The van der Waals surface area contributed by atoms with Crippen LogP contribution < -0.4 is 10.5 Å². The molecule has 0 spiro atoms. The molecule has 110 valence electrons. The zero-order valence-electron chi connectivity index (χ0n) is 12.0. The second-order valence-electron chi connectivity index (χ2n) is 4.39. The predicted octanol–water partition coefficient (Wildman–Crippen LogP) is 2.22. The highest BCUT2D eigenvalue weighted by Gasteiger charge is 2.16. The third-order valence-corrected chi connectivity index (χ3v) is 2.93. The first-order chi connectivity index (χ1) is 10.2. The number of aromatic nitrogens is 2. The molecule has 1 aromatic heterocycles. The van der Waals surface area contributed by atoms with Crippen molar-refractivity contribution in [2.24, 2.45) is 0 Å². The zero-order chi connectivity index (χ0) is 15.2. The molecule has 2 N–H and O–H groups in total. The number of anilines is 1. The number of nitrogen functional groups attached to an aromatic ring is 1. The summed E-state index contributed by atoms with van der Waals surface area (Å²) >= 11 is 0. The van der Waals surface area contributed by atoms with Crippen molar-refractivity contribution >= 4 is 12.1 Å². The first-order valence-electron chi connectivity index (χ1n) is 6.56. The summed E-state index contributed by atoms with van der Waals surface area (Å²) in [7, 11) is 0. The molecule has 0 aliphatic heterocycles. The van der Waals surface area contributed by atoms with Crippen LogP contribution in [0.15, 0.2) is 24.3 Å². The van der Waals surface area contributed by atoms with Crippen LogP contribution in [0.5, 0.6) is 5.75 Å². The molecule has 6 nitrogen and oxygen atoms in total. The van der Waals surface area contributed by atoms with Crippen LogP contribution in [0.3, 0.4) is 0 Å². The Bertz CT molecular complexity index is 644. The quantitative estimate of drug-likeness (QED) is 0.498. The Hall–Kier alpha value is -2.47. The Kier molecular flexibility index (Phi) is 4.84. The van der Waals surface area contributed by atoms with Gasteiger partial charge in [-0.2, -0.15) is 0 Å². The summed E-state index contributed by atoms with van der Waals surface area (Å²) in [4.78, 5) is 11.3. The van der Waals surface area contributed by atoms with Crippen molar-refractivity contribution in [3.63, 3.8) is 0 Å². The van der Waals surface area contributed by atoms with E-state index >= 15 is 0 Å². The number of nitrogens with two attached hydrogens (primary N) is 1. The van der Waals surface area contributed by atoms with Gasteiger partial charge in [0.25, 0.3) is 0 Å². The van der Waals surface area contributed by atoms with E-state index < -0.39 is 0 Å². The van der Waals surface area contributed by atoms with Crippen molar-refractivity contribution in [3.05, 3.63) is 35.4 Å². The Morgan fingerprint density at radius 2 is 2.14 bits per heavy atom. The Morgan fingerprint density at radius 1 is 1.33 bits per heavy atom. The average molecular weight is 287 g/mol. The highest BCUT2D eigenvalue weighted by Crippen LogP contribution is 2.33. The largest absolute Gasteiger partial charge is 0.467 e. The second kappa shape index (κ2) is 6.81. The predicted molar refractivity (Wildman–Crippen MR) is 79.1 cm³/mol. The van der Waals surface area contributed by atoms with Crippen molar-refractivity contribution in [1.29, 1.82) is 0 Å². The van der Waals surface area contributed by atoms with Gasteiger partial charge >= 0.3 is 0 Å². The lowest BCUT2D eigenvalue weighted by Gasteiger charge is -2.14. The number of ether oxygens (including phenoxy) is 2. The maximum atomic E-state index is 11.3. The third-order valence-electron chi connectivity index (χ3n) is 2.93. The summed E-state index contributed by atoms with van der Waals surface area (Å²) in [6.45, 7) is 4.38. The van der Waals surface area contributed by atoms with Crippen LogP contribution in [-0.2, 0) is 4.74 Å². The topological polar surface area (TPSA) is 87.3 Å². The van der Waals surface area contributed by atoms with E-state index in [1.807, 2.05) is 13.8 Å². The van der Waals surface area contributed by atoms with Gasteiger partial charge in [-0.05, 0) is 31.5 Å². The van der Waals surface area contributed by atoms with Gasteiger partial charge in [-0.25, -0.2) is 0 Å². The van der Waals surface area contributed by atoms with Gasteiger partial charge in [-0.15, -0.1) is 10.2 Å².